The van der Waals surface area contributed by atoms with Crippen LogP contribution in [0.4, 0.5) is 0 Å². The Morgan fingerprint density at radius 3 is 2.19 bits per heavy atom. The van der Waals surface area contributed by atoms with Gasteiger partial charge in [0, 0.05) is 24.1 Å². The Balaban J connectivity index is 2.53. The molecule has 0 aliphatic rings. The van der Waals surface area contributed by atoms with Crippen LogP contribution in [-0.2, 0) is 0 Å². The molecule has 0 radical (unpaired) electrons. The minimum atomic E-state index is 0.468. The van der Waals surface area contributed by atoms with E-state index in [1.165, 1.54) is 29.0 Å². The van der Waals surface area contributed by atoms with Gasteiger partial charge in [0.1, 0.15) is 0 Å². The van der Waals surface area contributed by atoms with Crippen LogP contribution in [0.25, 0.3) is 0 Å². The van der Waals surface area contributed by atoms with Gasteiger partial charge < -0.3 is 10.2 Å². The lowest BCUT2D eigenvalue weighted by Gasteiger charge is -2.21. The molecule has 0 aromatic heterocycles. The van der Waals surface area contributed by atoms with Crippen molar-refractivity contribution >= 4 is 11.8 Å². The fourth-order valence-electron chi connectivity index (χ4n) is 2.67. The predicted octanol–water partition coefficient (Wildman–Crippen LogP) is 4.03. The first-order chi connectivity index (χ1) is 10.1. The highest BCUT2D eigenvalue weighted by atomic mass is 32.2. The smallest absolute Gasteiger partial charge is 0.0411 e. The van der Waals surface area contributed by atoms with Crippen LogP contribution in [-0.4, -0.2) is 42.6 Å². The van der Waals surface area contributed by atoms with Gasteiger partial charge in [0.25, 0.3) is 0 Å². The third-order valence-electron chi connectivity index (χ3n) is 3.83. The van der Waals surface area contributed by atoms with Gasteiger partial charge in [0.15, 0.2) is 0 Å². The highest BCUT2D eigenvalue weighted by molar-refractivity contribution is 7.99. The van der Waals surface area contributed by atoms with E-state index in [0.29, 0.717) is 6.04 Å². The Bertz CT molecular complexity index is 382. The molecule has 0 fully saturated rings. The van der Waals surface area contributed by atoms with Gasteiger partial charge in [-0.2, -0.15) is 11.8 Å². The number of aryl methyl sites for hydroxylation is 2. The third kappa shape index (κ3) is 6.86. The number of benzene rings is 1. The molecule has 0 spiro atoms. The zero-order valence-corrected chi connectivity index (χ0v) is 15.2. The van der Waals surface area contributed by atoms with E-state index >= 15 is 0 Å². The molecule has 1 rings (SSSR count). The van der Waals surface area contributed by atoms with E-state index in [4.69, 9.17) is 0 Å². The van der Waals surface area contributed by atoms with E-state index in [9.17, 15) is 0 Å². The number of nitrogens with one attached hydrogen (secondary N) is 1. The lowest BCUT2D eigenvalue weighted by molar-refractivity contribution is 0.324. The summed E-state index contributed by atoms with van der Waals surface area (Å²) in [4.78, 5) is 2.49. The molecule has 120 valence electrons. The number of thioether (sulfide) groups is 1. The van der Waals surface area contributed by atoms with E-state index in [-0.39, 0.29) is 0 Å². The summed E-state index contributed by atoms with van der Waals surface area (Å²) in [5.41, 5.74) is 4.16. The number of hydrogen-bond acceptors (Lipinski definition) is 3. The predicted molar refractivity (Wildman–Crippen MR) is 97.4 cm³/mol. The van der Waals surface area contributed by atoms with E-state index in [2.05, 4.69) is 74.8 Å². The first-order valence-electron chi connectivity index (χ1n) is 8.22. The van der Waals surface area contributed by atoms with Gasteiger partial charge in [-0.1, -0.05) is 50.1 Å². The summed E-state index contributed by atoms with van der Waals surface area (Å²) in [6.45, 7) is 15.6. The molecule has 0 bridgehead atoms. The van der Waals surface area contributed by atoms with Gasteiger partial charge in [-0.25, -0.2) is 0 Å². The molecule has 0 amide bonds. The Hall–Kier alpha value is -0.510. The standard InChI is InChI=1S/C18H32N2S/c1-6-19-18(14-21-10-9-20(7-2)8-3)17-12-15(4)11-16(5)13-17/h11-13,18-19H,6-10,14H2,1-5H3. The SMILES string of the molecule is CCNC(CSCCN(CC)CC)c1cc(C)cc(C)c1. The summed E-state index contributed by atoms with van der Waals surface area (Å²) in [6, 6.07) is 7.37. The molecule has 0 aliphatic heterocycles. The van der Waals surface area contributed by atoms with Gasteiger partial charge >= 0.3 is 0 Å². The molecule has 2 nitrogen and oxygen atoms in total. The fraction of sp³-hybridized carbons (Fsp3) is 0.667. The number of rotatable bonds is 10. The van der Waals surface area contributed by atoms with E-state index in [1.54, 1.807) is 0 Å². The summed E-state index contributed by atoms with van der Waals surface area (Å²) in [6.07, 6.45) is 0. The van der Waals surface area contributed by atoms with Crippen LogP contribution in [0.1, 0.15) is 43.5 Å². The van der Waals surface area contributed by atoms with Gasteiger partial charge in [-0.05, 0) is 39.0 Å². The van der Waals surface area contributed by atoms with Crippen molar-refractivity contribution in [1.82, 2.24) is 10.2 Å². The minimum absolute atomic E-state index is 0.468. The molecule has 21 heavy (non-hydrogen) atoms. The Morgan fingerprint density at radius 1 is 1.05 bits per heavy atom. The van der Waals surface area contributed by atoms with Crippen molar-refractivity contribution in [2.75, 3.05) is 37.7 Å². The normalized spacial score (nSPS) is 12.9. The quantitative estimate of drug-likeness (QED) is 0.657. The molecule has 0 saturated carbocycles. The second kappa shape index (κ2) is 10.3. The number of hydrogen-bond donors (Lipinski definition) is 1. The first kappa shape index (κ1) is 18.5. The highest BCUT2D eigenvalue weighted by Gasteiger charge is 2.11. The summed E-state index contributed by atoms with van der Waals surface area (Å²) >= 11 is 2.06. The molecule has 3 heteroatoms. The van der Waals surface area contributed by atoms with Crippen molar-refractivity contribution in [1.29, 1.82) is 0 Å². The fourth-order valence-corrected chi connectivity index (χ4v) is 3.77. The molecular weight excluding hydrogens is 276 g/mol. The Morgan fingerprint density at radius 2 is 1.67 bits per heavy atom. The molecule has 1 N–H and O–H groups in total. The summed E-state index contributed by atoms with van der Waals surface area (Å²) in [5, 5.41) is 3.64. The van der Waals surface area contributed by atoms with Crippen molar-refractivity contribution in [3.63, 3.8) is 0 Å². The van der Waals surface area contributed by atoms with Gasteiger partial charge in [0.05, 0.1) is 0 Å². The average molecular weight is 309 g/mol. The van der Waals surface area contributed by atoms with Gasteiger partial charge in [-0.3, -0.25) is 0 Å². The zero-order valence-electron chi connectivity index (χ0n) is 14.4. The van der Waals surface area contributed by atoms with Crippen molar-refractivity contribution in [2.24, 2.45) is 0 Å². The maximum absolute atomic E-state index is 3.64. The van der Waals surface area contributed by atoms with E-state index in [1.807, 2.05) is 0 Å². The zero-order chi connectivity index (χ0) is 15.7. The van der Waals surface area contributed by atoms with E-state index < -0.39 is 0 Å². The van der Waals surface area contributed by atoms with Crippen LogP contribution >= 0.6 is 11.8 Å². The number of nitrogens with zero attached hydrogens (tertiary/aromatic N) is 1. The van der Waals surface area contributed by atoms with Gasteiger partial charge in [-0.15, -0.1) is 0 Å². The molecule has 1 aromatic carbocycles. The van der Waals surface area contributed by atoms with Crippen molar-refractivity contribution in [3.05, 3.63) is 34.9 Å². The maximum Gasteiger partial charge on any atom is 0.0411 e. The Kier molecular flexibility index (Phi) is 9.05. The highest BCUT2D eigenvalue weighted by Crippen LogP contribution is 2.21. The van der Waals surface area contributed by atoms with Crippen LogP contribution in [0.3, 0.4) is 0 Å². The molecule has 0 saturated heterocycles. The van der Waals surface area contributed by atoms with Crippen molar-refractivity contribution in [2.45, 2.75) is 40.7 Å². The second-order valence-corrected chi connectivity index (χ2v) is 6.78. The van der Waals surface area contributed by atoms with Gasteiger partial charge in [0.2, 0.25) is 0 Å². The molecule has 1 atom stereocenters. The van der Waals surface area contributed by atoms with Crippen molar-refractivity contribution in [3.8, 4) is 0 Å². The van der Waals surface area contributed by atoms with Crippen LogP contribution in [0, 0.1) is 13.8 Å². The largest absolute Gasteiger partial charge is 0.310 e. The molecule has 1 aromatic rings. The topological polar surface area (TPSA) is 15.3 Å². The van der Waals surface area contributed by atoms with Crippen LogP contribution in [0.15, 0.2) is 18.2 Å². The van der Waals surface area contributed by atoms with Crippen LogP contribution in [0.5, 0.6) is 0 Å². The van der Waals surface area contributed by atoms with E-state index in [0.717, 1.165) is 25.4 Å². The average Bonchev–Trinajstić information content (AvgIpc) is 2.45. The lowest BCUT2D eigenvalue weighted by atomic mass is 10.0. The summed E-state index contributed by atoms with van der Waals surface area (Å²) in [5.74, 6) is 2.37. The monoisotopic (exact) mass is 308 g/mol. The third-order valence-corrected chi connectivity index (χ3v) is 4.87. The summed E-state index contributed by atoms with van der Waals surface area (Å²) < 4.78 is 0. The lowest BCUT2D eigenvalue weighted by Crippen LogP contribution is -2.27. The molecule has 0 heterocycles. The van der Waals surface area contributed by atoms with Crippen molar-refractivity contribution < 1.29 is 0 Å². The Labute approximate surface area is 135 Å². The molecular formula is C18H32N2S. The van der Waals surface area contributed by atoms with Crippen LogP contribution in [0.2, 0.25) is 0 Å². The maximum atomic E-state index is 3.64. The molecule has 1 unspecified atom stereocenters. The molecule has 0 aliphatic carbocycles. The minimum Gasteiger partial charge on any atom is -0.310 e. The summed E-state index contributed by atoms with van der Waals surface area (Å²) in [7, 11) is 0. The van der Waals surface area contributed by atoms with Crippen LogP contribution < -0.4 is 5.32 Å². The second-order valence-electron chi connectivity index (χ2n) is 5.63. The first-order valence-corrected chi connectivity index (χ1v) is 9.37.